The number of anilines is 1. The Labute approximate surface area is 154 Å². The lowest BCUT2D eigenvalue weighted by atomic mass is 10.2. The minimum absolute atomic E-state index is 0.120. The quantitative estimate of drug-likeness (QED) is 0.787. The molecule has 0 radical (unpaired) electrons. The number of halogens is 1. The molecule has 0 saturated carbocycles. The van der Waals surface area contributed by atoms with E-state index in [1.165, 1.54) is 37.0 Å². The lowest BCUT2D eigenvalue weighted by molar-refractivity contribution is -0.116. The maximum Gasteiger partial charge on any atom is 0.251 e. The van der Waals surface area contributed by atoms with Crippen molar-refractivity contribution < 1.29 is 13.2 Å². The Balaban J connectivity index is 2.25. The number of aromatic nitrogens is 1. The second-order valence-corrected chi connectivity index (χ2v) is 8.67. The van der Waals surface area contributed by atoms with Crippen LogP contribution in [0.4, 0.5) is 5.69 Å². The lowest BCUT2D eigenvalue weighted by Crippen LogP contribution is -2.27. The predicted molar refractivity (Wildman–Crippen MR) is 99.1 cm³/mol. The summed E-state index contributed by atoms with van der Waals surface area (Å²) in [6, 6.07) is 7.59. The summed E-state index contributed by atoms with van der Waals surface area (Å²) in [5, 5.41) is 2.62. The van der Waals surface area contributed by atoms with Gasteiger partial charge in [-0.15, -0.1) is 0 Å². The van der Waals surface area contributed by atoms with Crippen molar-refractivity contribution in [2.45, 2.75) is 18.4 Å². The van der Waals surface area contributed by atoms with Gasteiger partial charge in [0, 0.05) is 36.5 Å². The first-order valence-electron chi connectivity index (χ1n) is 7.30. The van der Waals surface area contributed by atoms with E-state index in [0.717, 1.165) is 4.31 Å². The molecule has 1 heterocycles. The van der Waals surface area contributed by atoms with Crippen LogP contribution in [0.5, 0.6) is 0 Å². The molecule has 2 aromatic rings. The van der Waals surface area contributed by atoms with Crippen LogP contribution in [0, 0.1) is 6.92 Å². The molecule has 1 aromatic carbocycles. The first-order valence-corrected chi connectivity index (χ1v) is 9.53. The van der Waals surface area contributed by atoms with Crippen molar-refractivity contribution in [1.82, 2.24) is 8.87 Å². The fourth-order valence-corrected chi connectivity index (χ4v) is 3.66. The van der Waals surface area contributed by atoms with Crippen LogP contribution in [0.25, 0.3) is 0 Å². The van der Waals surface area contributed by atoms with Crippen LogP contribution in [0.1, 0.15) is 5.56 Å². The monoisotopic (exact) mass is 427 g/mol. The zero-order valence-corrected chi connectivity index (χ0v) is 16.4. The molecule has 0 bridgehead atoms. The SMILES string of the molecule is Cc1ccc(NC(=O)Cn2cc(Br)ccc2=O)cc1S(=O)(=O)N(C)C. The summed E-state index contributed by atoms with van der Waals surface area (Å²) in [5.41, 5.74) is 0.618. The first kappa shape index (κ1) is 19.4. The molecule has 7 nitrogen and oxygen atoms in total. The number of hydrogen-bond donors (Lipinski definition) is 1. The molecule has 0 fully saturated rings. The second kappa shape index (κ2) is 7.51. The molecule has 134 valence electrons. The third-order valence-electron chi connectivity index (χ3n) is 3.49. The Morgan fingerprint density at radius 2 is 1.92 bits per heavy atom. The van der Waals surface area contributed by atoms with Crippen molar-refractivity contribution in [3.05, 3.63) is 56.9 Å². The predicted octanol–water partition coefficient (Wildman–Crippen LogP) is 1.81. The van der Waals surface area contributed by atoms with E-state index < -0.39 is 15.9 Å². The highest BCUT2D eigenvalue weighted by molar-refractivity contribution is 9.10. The molecular formula is C16H18BrN3O4S. The average molecular weight is 428 g/mol. The van der Waals surface area contributed by atoms with E-state index in [-0.39, 0.29) is 17.0 Å². The highest BCUT2D eigenvalue weighted by Gasteiger charge is 2.20. The van der Waals surface area contributed by atoms with Gasteiger partial charge in [-0.1, -0.05) is 6.07 Å². The summed E-state index contributed by atoms with van der Waals surface area (Å²) in [7, 11) is -0.728. The van der Waals surface area contributed by atoms with Crippen molar-refractivity contribution in [2.75, 3.05) is 19.4 Å². The molecule has 25 heavy (non-hydrogen) atoms. The number of carbonyl (C=O) groups is 1. The van der Waals surface area contributed by atoms with Crippen LogP contribution >= 0.6 is 15.9 Å². The minimum atomic E-state index is -3.62. The van der Waals surface area contributed by atoms with Gasteiger partial charge in [0.1, 0.15) is 6.54 Å². The third-order valence-corrected chi connectivity index (χ3v) is 5.92. The number of aryl methyl sites for hydroxylation is 1. The lowest BCUT2D eigenvalue weighted by Gasteiger charge is -2.15. The van der Waals surface area contributed by atoms with Gasteiger partial charge in [0.05, 0.1) is 4.90 Å². The van der Waals surface area contributed by atoms with Crippen molar-refractivity contribution in [2.24, 2.45) is 0 Å². The zero-order valence-electron chi connectivity index (χ0n) is 14.0. The van der Waals surface area contributed by atoms with E-state index in [1.807, 2.05) is 0 Å². The second-order valence-electron chi connectivity index (χ2n) is 5.63. The molecule has 0 aliphatic rings. The minimum Gasteiger partial charge on any atom is -0.324 e. The number of rotatable bonds is 5. The van der Waals surface area contributed by atoms with Crippen molar-refractivity contribution >= 4 is 37.5 Å². The topological polar surface area (TPSA) is 88.5 Å². The summed E-state index contributed by atoms with van der Waals surface area (Å²) in [6.07, 6.45) is 1.51. The van der Waals surface area contributed by atoms with E-state index >= 15 is 0 Å². The number of pyridine rings is 1. The van der Waals surface area contributed by atoms with Gasteiger partial charge in [0.2, 0.25) is 15.9 Å². The molecule has 1 amide bonds. The Bertz CT molecular complexity index is 968. The van der Waals surface area contributed by atoms with E-state index in [1.54, 1.807) is 25.1 Å². The van der Waals surface area contributed by atoms with Crippen molar-refractivity contribution in [1.29, 1.82) is 0 Å². The summed E-state index contributed by atoms with van der Waals surface area (Å²) in [6.45, 7) is 1.50. The molecule has 2 rings (SSSR count). The fourth-order valence-electron chi connectivity index (χ4n) is 2.13. The van der Waals surface area contributed by atoms with E-state index in [2.05, 4.69) is 21.2 Å². The average Bonchev–Trinajstić information content (AvgIpc) is 2.52. The maximum atomic E-state index is 12.3. The Kier molecular flexibility index (Phi) is 5.81. The number of carbonyl (C=O) groups excluding carboxylic acids is 1. The molecule has 1 N–H and O–H groups in total. The number of sulfonamides is 1. The van der Waals surface area contributed by atoms with Crippen LogP contribution < -0.4 is 10.9 Å². The van der Waals surface area contributed by atoms with Crippen LogP contribution in [0.15, 0.2) is 50.7 Å². The number of benzene rings is 1. The van der Waals surface area contributed by atoms with Gasteiger partial charge >= 0.3 is 0 Å². The largest absolute Gasteiger partial charge is 0.324 e. The van der Waals surface area contributed by atoms with Gasteiger partial charge < -0.3 is 9.88 Å². The Morgan fingerprint density at radius 1 is 1.24 bits per heavy atom. The Hall–Kier alpha value is -1.97. The van der Waals surface area contributed by atoms with Gasteiger partial charge in [-0.2, -0.15) is 0 Å². The van der Waals surface area contributed by atoms with Gasteiger partial charge in [0.25, 0.3) is 5.56 Å². The standard InChI is InChI=1S/C16H18BrN3O4S/c1-11-4-6-13(8-14(11)25(23,24)19(2)3)18-15(21)10-20-9-12(17)5-7-16(20)22/h4-9H,10H2,1-3H3,(H,18,21). The molecule has 1 aromatic heterocycles. The van der Waals surface area contributed by atoms with Gasteiger partial charge in [-0.3, -0.25) is 9.59 Å². The van der Waals surface area contributed by atoms with E-state index in [4.69, 9.17) is 0 Å². The van der Waals surface area contributed by atoms with Crippen molar-refractivity contribution in [3.8, 4) is 0 Å². The summed E-state index contributed by atoms with van der Waals surface area (Å²) >= 11 is 3.24. The van der Waals surface area contributed by atoms with E-state index in [0.29, 0.717) is 15.7 Å². The maximum absolute atomic E-state index is 12.3. The van der Waals surface area contributed by atoms with Crippen LogP contribution in [-0.4, -0.2) is 37.3 Å². The van der Waals surface area contributed by atoms with Gasteiger partial charge in [0.15, 0.2) is 0 Å². The van der Waals surface area contributed by atoms with Crippen LogP contribution in [0.2, 0.25) is 0 Å². The first-order chi connectivity index (χ1) is 11.6. The molecule has 0 aliphatic carbocycles. The van der Waals surface area contributed by atoms with Gasteiger partial charge in [-0.05, 0) is 46.6 Å². The molecule has 0 atom stereocenters. The molecule has 9 heteroatoms. The number of nitrogens with one attached hydrogen (secondary N) is 1. The zero-order chi connectivity index (χ0) is 18.8. The van der Waals surface area contributed by atoms with Crippen LogP contribution in [-0.2, 0) is 21.4 Å². The highest BCUT2D eigenvalue weighted by atomic mass is 79.9. The normalized spacial score (nSPS) is 11.6. The number of hydrogen-bond acceptors (Lipinski definition) is 4. The molecule has 0 unspecified atom stereocenters. The van der Waals surface area contributed by atoms with Gasteiger partial charge in [-0.25, -0.2) is 12.7 Å². The van der Waals surface area contributed by atoms with E-state index in [9.17, 15) is 18.0 Å². The summed E-state index contributed by atoms with van der Waals surface area (Å²) in [5.74, 6) is -0.433. The molecule has 0 aliphatic heterocycles. The molecule has 0 spiro atoms. The number of nitrogens with zero attached hydrogens (tertiary/aromatic N) is 2. The number of amides is 1. The van der Waals surface area contributed by atoms with Crippen molar-refractivity contribution in [3.63, 3.8) is 0 Å². The molecular weight excluding hydrogens is 410 g/mol. The smallest absolute Gasteiger partial charge is 0.251 e. The highest BCUT2D eigenvalue weighted by Crippen LogP contribution is 2.22. The van der Waals surface area contributed by atoms with Crippen LogP contribution in [0.3, 0.4) is 0 Å². The summed E-state index contributed by atoms with van der Waals surface area (Å²) < 4.78 is 27.7. The Morgan fingerprint density at radius 3 is 2.56 bits per heavy atom. The summed E-state index contributed by atoms with van der Waals surface area (Å²) in [4.78, 5) is 24.0. The molecule has 0 saturated heterocycles. The third kappa shape index (κ3) is 4.56. The fraction of sp³-hybridized carbons (Fsp3) is 0.250.